The van der Waals surface area contributed by atoms with Gasteiger partial charge in [0.1, 0.15) is 0 Å². The molecule has 0 aliphatic rings. The van der Waals surface area contributed by atoms with E-state index >= 15 is 0 Å². The second-order valence-corrected chi connectivity index (χ2v) is 2.22. The van der Waals surface area contributed by atoms with Gasteiger partial charge < -0.3 is 19.5 Å². The van der Waals surface area contributed by atoms with E-state index in [0.29, 0.717) is 12.2 Å². The van der Waals surface area contributed by atoms with Gasteiger partial charge in [-0.3, -0.25) is 0 Å². The van der Waals surface area contributed by atoms with E-state index in [4.69, 9.17) is 10.4 Å². The molecule has 0 atom stereocenters. The van der Waals surface area contributed by atoms with Gasteiger partial charge in [-0.05, 0) is 6.58 Å². The zero-order valence-electron chi connectivity index (χ0n) is 7.91. The van der Waals surface area contributed by atoms with E-state index in [2.05, 4.69) is 20.9 Å². The Morgan fingerprint density at radius 2 is 1.75 bits per heavy atom. The summed E-state index contributed by atoms with van der Waals surface area (Å²) < 4.78 is 8.31. The average Bonchev–Trinajstić information content (AvgIpc) is 2.23. The number of ether oxygens (including phenoxy) is 2. The lowest BCUT2D eigenvalue weighted by atomic mass is 10.5. The van der Waals surface area contributed by atoms with Crippen LogP contribution in [0.2, 0.25) is 0 Å². The Labute approximate surface area is 89.3 Å². The summed E-state index contributed by atoms with van der Waals surface area (Å²) >= 11 is 0. The number of hydrogen-bond donors (Lipinski definition) is 2. The standard InChI is InChI=1S/C8H8O8/c1-5(16-13)15-8(12)3-2-7(11)14-4-6(9)10/h2-3,13H,1,4H2,(H,9,10)/b3-2+. The van der Waals surface area contributed by atoms with Crippen molar-refractivity contribution >= 4 is 17.9 Å². The molecule has 0 aliphatic heterocycles. The second-order valence-electron chi connectivity index (χ2n) is 2.22. The zero-order chi connectivity index (χ0) is 12.6. The Kier molecular flexibility index (Phi) is 5.98. The molecular formula is C8H8O8. The molecule has 0 unspecified atom stereocenters. The largest absolute Gasteiger partial charge is 0.479 e. The molecule has 0 aromatic carbocycles. The summed E-state index contributed by atoms with van der Waals surface area (Å²) in [6.45, 7) is 2.14. The fourth-order valence-corrected chi connectivity index (χ4v) is 0.482. The third kappa shape index (κ3) is 7.09. The number of rotatable bonds is 6. The average molecular weight is 232 g/mol. The quantitative estimate of drug-likeness (QED) is 0.210. The van der Waals surface area contributed by atoms with Gasteiger partial charge in [0.05, 0.1) is 0 Å². The van der Waals surface area contributed by atoms with Crippen LogP contribution in [-0.4, -0.2) is 34.9 Å². The Morgan fingerprint density at radius 3 is 2.25 bits per heavy atom. The summed E-state index contributed by atoms with van der Waals surface area (Å²) in [5, 5.41) is 16.1. The van der Waals surface area contributed by atoms with Crippen LogP contribution >= 0.6 is 0 Å². The van der Waals surface area contributed by atoms with Crippen LogP contribution in [0.5, 0.6) is 0 Å². The molecule has 0 radical (unpaired) electrons. The number of carbonyl (C=O) groups is 3. The van der Waals surface area contributed by atoms with Crippen LogP contribution in [0.25, 0.3) is 0 Å². The molecule has 0 aliphatic carbocycles. The topological polar surface area (TPSA) is 119 Å². The molecule has 88 valence electrons. The monoisotopic (exact) mass is 232 g/mol. The molecule has 2 N–H and O–H groups in total. The van der Waals surface area contributed by atoms with Crippen molar-refractivity contribution < 1.29 is 39.1 Å². The molecule has 0 saturated carbocycles. The Balaban J connectivity index is 3.98. The predicted octanol–water partition coefficient (Wildman–Crippen LogP) is -0.326. The van der Waals surface area contributed by atoms with Crippen molar-refractivity contribution in [3.63, 3.8) is 0 Å². The molecule has 0 saturated heterocycles. The lowest BCUT2D eigenvalue weighted by molar-refractivity contribution is -0.240. The van der Waals surface area contributed by atoms with Crippen LogP contribution in [-0.2, 0) is 28.7 Å². The van der Waals surface area contributed by atoms with Crippen molar-refractivity contribution in [2.24, 2.45) is 0 Å². The molecule has 0 amide bonds. The van der Waals surface area contributed by atoms with Gasteiger partial charge in [-0.25, -0.2) is 14.4 Å². The summed E-state index contributed by atoms with van der Waals surface area (Å²) in [7, 11) is 0. The lowest BCUT2D eigenvalue weighted by Crippen LogP contribution is -2.11. The molecule has 0 aromatic heterocycles. The van der Waals surface area contributed by atoms with Crippen molar-refractivity contribution in [2.75, 3.05) is 6.61 Å². The van der Waals surface area contributed by atoms with Crippen LogP contribution in [0.3, 0.4) is 0 Å². The number of carbonyl (C=O) groups excluding carboxylic acids is 2. The first-order valence-corrected chi connectivity index (χ1v) is 3.74. The minimum absolute atomic E-state index is 0.647. The molecule has 0 rings (SSSR count). The number of hydrogen-bond acceptors (Lipinski definition) is 7. The SMILES string of the molecule is C=C(OO)OC(=O)/C=C/C(=O)OCC(=O)O. The maximum Gasteiger partial charge on any atom is 0.341 e. The second kappa shape index (κ2) is 7.01. The molecule has 8 heteroatoms. The van der Waals surface area contributed by atoms with Gasteiger partial charge in [0.25, 0.3) is 0 Å². The molecule has 0 heterocycles. The van der Waals surface area contributed by atoms with Gasteiger partial charge in [0, 0.05) is 12.2 Å². The first kappa shape index (κ1) is 13.7. The molecule has 16 heavy (non-hydrogen) atoms. The summed E-state index contributed by atoms with van der Waals surface area (Å²) in [6.07, 6.45) is 1.30. The number of aliphatic carboxylic acids is 1. The number of carboxylic acid groups (broad SMARTS) is 1. The Hall–Kier alpha value is -2.35. The van der Waals surface area contributed by atoms with Crippen LogP contribution in [0.1, 0.15) is 0 Å². The van der Waals surface area contributed by atoms with Crippen molar-refractivity contribution in [3.05, 3.63) is 24.7 Å². The number of carboxylic acids is 1. The Bertz CT molecular complexity index is 329. The minimum Gasteiger partial charge on any atom is -0.479 e. The van der Waals surface area contributed by atoms with E-state index in [1.165, 1.54) is 0 Å². The van der Waals surface area contributed by atoms with Gasteiger partial charge in [0.15, 0.2) is 6.61 Å². The van der Waals surface area contributed by atoms with Gasteiger partial charge in [0.2, 0.25) is 0 Å². The summed E-state index contributed by atoms with van der Waals surface area (Å²) in [4.78, 5) is 34.9. The van der Waals surface area contributed by atoms with Gasteiger partial charge in [-0.1, -0.05) is 0 Å². The van der Waals surface area contributed by atoms with Crippen molar-refractivity contribution in [1.29, 1.82) is 0 Å². The zero-order valence-corrected chi connectivity index (χ0v) is 7.91. The van der Waals surface area contributed by atoms with Crippen LogP contribution in [0.15, 0.2) is 24.7 Å². The van der Waals surface area contributed by atoms with Gasteiger partial charge in [-0.15, -0.1) is 0 Å². The maximum absolute atomic E-state index is 10.8. The van der Waals surface area contributed by atoms with E-state index in [1.807, 2.05) is 0 Å². The normalized spacial score (nSPS) is 9.56. The Morgan fingerprint density at radius 1 is 1.19 bits per heavy atom. The third-order valence-electron chi connectivity index (χ3n) is 1.01. The molecule has 0 bridgehead atoms. The van der Waals surface area contributed by atoms with E-state index in [1.54, 1.807) is 0 Å². The fraction of sp³-hybridized carbons (Fsp3) is 0.125. The molecular weight excluding hydrogens is 224 g/mol. The van der Waals surface area contributed by atoms with Crippen LogP contribution < -0.4 is 0 Å². The van der Waals surface area contributed by atoms with E-state index in [-0.39, 0.29) is 0 Å². The van der Waals surface area contributed by atoms with E-state index in [0.717, 1.165) is 0 Å². The highest BCUT2D eigenvalue weighted by molar-refractivity contribution is 5.92. The highest BCUT2D eigenvalue weighted by atomic mass is 17.1. The third-order valence-corrected chi connectivity index (χ3v) is 1.01. The van der Waals surface area contributed by atoms with Gasteiger partial charge in [-0.2, -0.15) is 5.26 Å². The predicted molar refractivity (Wildman–Crippen MR) is 46.7 cm³/mol. The van der Waals surface area contributed by atoms with Crippen molar-refractivity contribution in [1.82, 2.24) is 0 Å². The van der Waals surface area contributed by atoms with E-state index < -0.39 is 30.5 Å². The summed E-state index contributed by atoms with van der Waals surface area (Å²) in [6, 6.07) is 0. The van der Waals surface area contributed by atoms with Crippen LogP contribution in [0.4, 0.5) is 0 Å². The van der Waals surface area contributed by atoms with Crippen molar-refractivity contribution in [2.45, 2.75) is 0 Å². The van der Waals surface area contributed by atoms with Crippen LogP contribution in [0, 0.1) is 0 Å². The highest BCUT2D eigenvalue weighted by Gasteiger charge is 2.05. The lowest BCUT2D eigenvalue weighted by Gasteiger charge is -1.99. The van der Waals surface area contributed by atoms with Crippen molar-refractivity contribution in [3.8, 4) is 0 Å². The summed E-state index contributed by atoms with van der Waals surface area (Å²) in [5.41, 5.74) is 0. The highest BCUT2D eigenvalue weighted by Crippen LogP contribution is 1.95. The minimum atomic E-state index is -1.33. The first-order valence-electron chi connectivity index (χ1n) is 3.74. The number of esters is 2. The first-order chi connectivity index (χ1) is 7.45. The van der Waals surface area contributed by atoms with E-state index in [9.17, 15) is 14.4 Å². The molecule has 0 aromatic rings. The smallest absolute Gasteiger partial charge is 0.341 e. The fourth-order valence-electron chi connectivity index (χ4n) is 0.482. The molecule has 8 nitrogen and oxygen atoms in total. The summed E-state index contributed by atoms with van der Waals surface area (Å²) in [5.74, 6) is -4.08. The maximum atomic E-state index is 10.8. The molecule has 0 fully saturated rings. The molecule has 0 spiro atoms. The van der Waals surface area contributed by atoms with Gasteiger partial charge >= 0.3 is 23.9 Å².